The molecule has 0 aliphatic rings. The van der Waals surface area contributed by atoms with Gasteiger partial charge < -0.3 is 9.47 Å². The van der Waals surface area contributed by atoms with Gasteiger partial charge in [-0.2, -0.15) is 5.10 Å². The molecule has 0 radical (unpaired) electrons. The molecule has 0 fully saturated rings. The highest BCUT2D eigenvalue weighted by molar-refractivity contribution is 9.10. The van der Waals surface area contributed by atoms with Crippen LogP contribution in [0.25, 0.3) is 0 Å². The van der Waals surface area contributed by atoms with Gasteiger partial charge in [0.2, 0.25) is 11.0 Å². The van der Waals surface area contributed by atoms with E-state index >= 15 is 0 Å². The summed E-state index contributed by atoms with van der Waals surface area (Å²) >= 11 is 4.50. The van der Waals surface area contributed by atoms with Crippen molar-refractivity contribution < 1.29 is 23.5 Å². The number of methoxy groups -OCH3 is 1. The fourth-order valence-corrected chi connectivity index (χ4v) is 4.24. The Morgan fingerprint density at radius 1 is 1.08 bits per heavy atom. The summed E-state index contributed by atoms with van der Waals surface area (Å²) in [6, 6.07) is 18.0. The minimum Gasteiger partial charge on any atom is -0.497 e. The molecule has 1 heterocycles. The van der Waals surface area contributed by atoms with Gasteiger partial charge in [0, 0.05) is 15.6 Å². The number of hydrogen-bond acceptors (Lipinski definition) is 8. The molecular weight excluding hydrogens is 577 g/mol. The van der Waals surface area contributed by atoms with E-state index in [2.05, 4.69) is 42.0 Å². The number of ether oxygens (including phenoxy) is 2. The Hall–Kier alpha value is -4.16. The van der Waals surface area contributed by atoms with E-state index in [-0.39, 0.29) is 29.9 Å². The molecule has 0 spiro atoms. The zero-order valence-corrected chi connectivity index (χ0v) is 22.4. The molecule has 3 aromatic carbocycles. The van der Waals surface area contributed by atoms with Crippen LogP contribution in [0, 0.1) is 5.82 Å². The van der Waals surface area contributed by atoms with Crippen molar-refractivity contribution >= 4 is 50.4 Å². The first kappa shape index (κ1) is 26.9. The fraction of sp³-hybridized carbons (Fsp3) is 0.115. The second-order valence-corrected chi connectivity index (χ2v) is 9.73. The first-order chi connectivity index (χ1) is 18.4. The molecule has 0 saturated heterocycles. The second-order valence-electron chi connectivity index (χ2n) is 7.75. The summed E-state index contributed by atoms with van der Waals surface area (Å²) in [5, 5.41) is 15.2. The Kier molecular flexibility index (Phi) is 9.11. The largest absolute Gasteiger partial charge is 0.497 e. The zero-order valence-electron chi connectivity index (χ0n) is 20.0. The third kappa shape index (κ3) is 7.67. The smallest absolute Gasteiger partial charge is 0.257 e. The van der Waals surface area contributed by atoms with Gasteiger partial charge in [0.05, 0.1) is 19.7 Å². The monoisotopic (exact) mass is 597 g/mol. The van der Waals surface area contributed by atoms with E-state index in [1.54, 1.807) is 55.6 Å². The summed E-state index contributed by atoms with van der Waals surface area (Å²) in [7, 11) is 1.55. The average molecular weight is 598 g/mol. The van der Waals surface area contributed by atoms with Crippen LogP contribution in [0.3, 0.4) is 0 Å². The summed E-state index contributed by atoms with van der Waals surface area (Å²) in [4.78, 5) is 24.7. The molecule has 12 heteroatoms. The van der Waals surface area contributed by atoms with Crippen LogP contribution >= 0.6 is 27.3 Å². The van der Waals surface area contributed by atoms with Crippen molar-refractivity contribution in [3.8, 4) is 11.5 Å². The third-order valence-corrected chi connectivity index (χ3v) is 6.36. The van der Waals surface area contributed by atoms with E-state index in [9.17, 15) is 14.0 Å². The van der Waals surface area contributed by atoms with Gasteiger partial charge in [-0.25, -0.2) is 9.82 Å². The summed E-state index contributed by atoms with van der Waals surface area (Å²) in [5.74, 6) is 0.105. The molecule has 1 aromatic heterocycles. The number of rotatable bonds is 10. The minimum atomic E-state index is -0.408. The van der Waals surface area contributed by atoms with Gasteiger partial charge in [0.25, 0.3) is 5.91 Å². The number of anilines is 1. The lowest BCUT2D eigenvalue weighted by Crippen LogP contribution is -2.19. The average Bonchev–Trinajstić information content (AvgIpc) is 3.35. The molecule has 4 rings (SSSR count). The first-order valence-electron chi connectivity index (χ1n) is 11.2. The van der Waals surface area contributed by atoms with Gasteiger partial charge in [0.15, 0.2) is 0 Å². The summed E-state index contributed by atoms with van der Waals surface area (Å²) in [5.41, 5.74) is 4.32. The van der Waals surface area contributed by atoms with E-state index in [0.29, 0.717) is 27.6 Å². The Morgan fingerprint density at radius 3 is 2.58 bits per heavy atom. The normalized spacial score (nSPS) is 10.8. The maximum absolute atomic E-state index is 13.1. The van der Waals surface area contributed by atoms with Crippen molar-refractivity contribution in [1.29, 1.82) is 0 Å². The van der Waals surface area contributed by atoms with Crippen LogP contribution in [0.4, 0.5) is 9.52 Å². The van der Waals surface area contributed by atoms with Gasteiger partial charge >= 0.3 is 0 Å². The molecule has 2 amide bonds. The molecule has 194 valence electrons. The number of nitrogens with one attached hydrogen (secondary N) is 2. The van der Waals surface area contributed by atoms with E-state index in [4.69, 9.17) is 9.47 Å². The van der Waals surface area contributed by atoms with Gasteiger partial charge in [-0.05, 0) is 60.2 Å². The lowest BCUT2D eigenvalue weighted by molar-refractivity contribution is -0.120. The maximum Gasteiger partial charge on any atom is 0.257 e. The predicted octanol–water partition coefficient (Wildman–Crippen LogP) is 4.97. The van der Waals surface area contributed by atoms with Crippen molar-refractivity contribution in [1.82, 2.24) is 15.6 Å². The van der Waals surface area contributed by atoms with Crippen molar-refractivity contribution in [2.45, 2.75) is 13.0 Å². The number of nitrogens with zero attached hydrogens (tertiary/aromatic N) is 3. The molecule has 0 saturated carbocycles. The molecule has 0 aliphatic heterocycles. The first-order valence-corrected chi connectivity index (χ1v) is 12.8. The second kappa shape index (κ2) is 12.9. The van der Waals surface area contributed by atoms with E-state index < -0.39 is 5.91 Å². The molecule has 9 nitrogen and oxygen atoms in total. The van der Waals surface area contributed by atoms with E-state index in [1.807, 2.05) is 6.07 Å². The number of aromatic nitrogens is 2. The van der Waals surface area contributed by atoms with Gasteiger partial charge in [-0.1, -0.05) is 39.4 Å². The predicted molar refractivity (Wildman–Crippen MR) is 145 cm³/mol. The Bertz CT molecular complexity index is 1450. The highest BCUT2D eigenvalue weighted by Gasteiger charge is 2.13. The maximum atomic E-state index is 13.1. The Morgan fingerprint density at radius 2 is 1.84 bits per heavy atom. The van der Waals surface area contributed by atoms with Crippen molar-refractivity contribution in [2.75, 3.05) is 12.4 Å². The van der Waals surface area contributed by atoms with Crippen molar-refractivity contribution in [3.05, 3.63) is 98.7 Å². The molecule has 0 aliphatic carbocycles. The topological polar surface area (TPSA) is 115 Å². The molecule has 0 atom stereocenters. The standard InChI is InChI=1S/C26H21BrFN5O4S/c1-36-21-9-4-17(5-10-21)25(35)30-26-33-32-24(38-26)13-23(34)31-29-14-18-12-19(27)6-11-22(18)37-15-16-2-7-20(28)8-3-16/h2-12,14H,13,15H2,1H3,(H,31,34)(H,30,33,35). The van der Waals surface area contributed by atoms with E-state index in [0.717, 1.165) is 21.4 Å². The molecule has 4 aromatic rings. The van der Waals surface area contributed by atoms with Crippen LogP contribution in [0.15, 0.2) is 76.3 Å². The molecular formula is C26H21BrFN5O4S. The number of amides is 2. The van der Waals surface area contributed by atoms with E-state index in [1.165, 1.54) is 18.3 Å². The van der Waals surface area contributed by atoms with Crippen molar-refractivity contribution in [3.63, 3.8) is 0 Å². The Labute approximate surface area is 229 Å². The molecule has 0 unspecified atom stereocenters. The summed E-state index contributed by atoms with van der Waals surface area (Å²) in [6.45, 7) is 0.240. The number of carbonyl (C=O) groups excluding carboxylic acids is 2. The highest BCUT2D eigenvalue weighted by atomic mass is 79.9. The van der Waals surface area contributed by atoms with Crippen molar-refractivity contribution in [2.24, 2.45) is 5.10 Å². The third-order valence-electron chi connectivity index (χ3n) is 5.02. The highest BCUT2D eigenvalue weighted by Crippen LogP contribution is 2.23. The van der Waals surface area contributed by atoms with Crippen LogP contribution in [-0.2, 0) is 17.8 Å². The lowest BCUT2D eigenvalue weighted by Gasteiger charge is -2.09. The van der Waals surface area contributed by atoms with Gasteiger partial charge in [-0.15, -0.1) is 10.2 Å². The number of hydrazone groups is 1. The van der Waals surface area contributed by atoms with Crippen LogP contribution in [-0.4, -0.2) is 35.3 Å². The number of halogens is 2. The van der Waals surface area contributed by atoms with Gasteiger partial charge in [-0.3, -0.25) is 14.9 Å². The molecule has 2 N–H and O–H groups in total. The summed E-state index contributed by atoms with van der Waals surface area (Å²) < 4.78 is 24.8. The van der Waals surface area contributed by atoms with Gasteiger partial charge in [0.1, 0.15) is 28.9 Å². The molecule has 38 heavy (non-hydrogen) atoms. The van der Waals surface area contributed by atoms with Crippen LogP contribution in [0.1, 0.15) is 26.5 Å². The minimum absolute atomic E-state index is 0.0696. The number of benzene rings is 3. The number of hydrogen-bond donors (Lipinski definition) is 2. The van der Waals surface area contributed by atoms with Crippen LogP contribution in [0.2, 0.25) is 0 Å². The quantitative estimate of drug-likeness (QED) is 0.197. The summed E-state index contributed by atoms with van der Waals surface area (Å²) in [6.07, 6.45) is 1.39. The van der Waals surface area contributed by atoms with Crippen LogP contribution in [0.5, 0.6) is 11.5 Å². The number of carbonyl (C=O) groups is 2. The fourth-order valence-electron chi connectivity index (χ4n) is 3.13. The lowest BCUT2D eigenvalue weighted by atomic mass is 10.2. The zero-order chi connectivity index (χ0) is 26.9. The SMILES string of the molecule is COc1ccc(C(=O)Nc2nnc(CC(=O)NN=Cc3cc(Br)ccc3OCc3ccc(F)cc3)s2)cc1. The van der Waals surface area contributed by atoms with Crippen LogP contribution < -0.4 is 20.2 Å². The molecule has 0 bridgehead atoms. The Balaban J connectivity index is 1.30.